The van der Waals surface area contributed by atoms with Gasteiger partial charge in [0.1, 0.15) is 18.8 Å². The summed E-state index contributed by atoms with van der Waals surface area (Å²) in [7, 11) is 0.573. The first-order valence-electron chi connectivity index (χ1n) is 9.09. The fourth-order valence-corrected chi connectivity index (χ4v) is 1.97. The van der Waals surface area contributed by atoms with Gasteiger partial charge in [0.05, 0.1) is 0 Å². The van der Waals surface area contributed by atoms with Crippen LogP contribution in [0.4, 0.5) is 0 Å². The minimum Gasteiger partial charge on any atom is -0.536 e. The Morgan fingerprint density at radius 2 is 1.54 bits per heavy atom. The summed E-state index contributed by atoms with van der Waals surface area (Å²) < 4.78 is 20.0. The van der Waals surface area contributed by atoms with Crippen LogP contribution in [-0.2, 0) is 38.0 Å². The fraction of sp³-hybridized carbons (Fsp3) is 0.529. The quantitative estimate of drug-likeness (QED) is 0.137. The van der Waals surface area contributed by atoms with Crippen molar-refractivity contribution in [1.82, 2.24) is 0 Å². The second-order valence-electron chi connectivity index (χ2n) is 6.74. The Morgan fingerprint density at radius 1 is 0.964 bits per heavy atom. The van der Waals surface area contributed by atoms with Gasteiger partial charge >= 0.3 is 32.9 Å². The molecule has 0 heterocycles. The number of rotatable bonds is 14. The first kappa shape index (κ1) is 25.6. The number of ether oxygens (including phenoxy) is 2. The van der Waals surface area contributed by atoms with Gasteiger partial charge in [-0.25, -0.2) is 9.59 Å². The van der Waals surface area contributed by atoms with Crippen LogP contribution in [0.1, 0.15) is 33.6 Å². The van der Waals surface area contributed by atoms with Crippen LogP contribution in [0.15, 0.2) is 25.3 Å². The average molecular weight is 392 g/mol. The van der Waals surface area contributed by atoms with Gasteiger partial charge in [0.25, 0.3) is 5.97 Å². The van der Waals surface area contributed by atoms with E-state index in [1.54, 1.807) is 20.8 Å². The number of hydrogen-bond acceptors (Lipinski definition) is 8. The summed E-state index contributed by atoms with van der Waals surface area (Å²) in [6.45, 7) is 11.5. The Balaban J connectivity index is 3.86. The maximum absolute atomic E-state index is 11.8. The molecule has 0 saturated heterocycles. The van der Waals surface area contributed by atoms with Crippen molar-refractivity contribution < 1.29 is 38.0 Å². The predicted molar refractivity (Wildman–Crippen MR) is 109 cm³/mol. The van der Waals surface area contributed by atoms with Gasteiger partial charge in [0, 0.05) is 25.0 Å². The standard InChI is InChI=1S/C17H27B3O8/c1-6-13(21)25-12(3)19-27-16(24)9-11-18-10-8-15(23)26-17(4,5)20-28-14(22)7-2/h6-7,12,18-20H,1-2,8-11H2,3-5H3. The smallest absolute Gasteiger partial charge is 0.388 e. The van der Waals surface area contributed by atoms with E-state index in [2.05, 4.69) is 13.2 Å². The number of esters is 2. The molecule has 0 aromatic heterocycles. The number of hydrogen-bond donors (Lipinski definition) is 0. The lowest BCUT2D eigenvalue weighted by Crippen LogP contribution is -2.37. The molecule has 1 atom stereocenters. The molecular weight excluding hydrogens is 365 g/mol. The van der Waals surface area contributed by atoms with E-state index in [1.807, 2.05) is 0 Å². The van der Waals surface area contributed by atoms with Crippen LogP contribution in [0.5, 0.6) is 0 Å². The summed E-state index contributed by atoms with van der Waals surface area (Å²) in [6.07, 6.45) is 3.60. The van der Waals surface area contributed by atoms with Crippen molar-refractivity contribution in [2.75, 3.05) is 0 Å². The molecule has 152 valence electrons. The van der Waals surface area contributed by atoms with Gasteiger partial charge in [-0.2, -0.15) is 0 Å². The van der Waals surface area contributed by atoms with Gasteiger partial charge < -0.3 is 18.8 Å². The van der Waals surface area contributed by atoms with Gasteiger partial charge in [-0.3, -0.25) is 9.59 Å². The number of carbonyl (C=O) groups excluding carboxylic acids is 4. The first-order chi connectivity index (χ1) is 13.1. The van der Waals surface area contributed by atoms with Gasteiger partial charge in [-0.15, -0.1) is 0 Å². The highest BCUT2D eigenvalue weighted by Gasteiger charge is 2.27. The molecule has 0 aliphatic rings. The second-order valence-corrected chi connectivity index (χ2v) is 6.74. The Morgan fingerprint density at radius 3 is 2.11 bits per heavy atom. The summed E-state index contributed by atoms with van der Waals surface area (Å²) in [6, 6.07) is -0.543. The molecule has 0 aliphatic carbocycles. The maximum Gasteiger partial charge on any atom is 0.388 e. The number of carbonyl (C=O) groups is 4. The zero-order valence-electron chi connectivity index (χ0n) is 16.9. The van der Waals surface area contributed by atoms with Crippen LogP contribution in [-0.4, -0.2) is 57.6 Å². The minimum absolute atomic E-state index is 0.0176. The second kappa shape index (κ2) is 13.7. The Kier molecular flexibility index (Phi) is 12.5. The van der Waals surface area contributed by atoms with Gasteiger partial charge in [-0.1, -0.05) is 25.8 Å². The Labute approximate surface area is 167 Å². The lowest BCUT2D eigenvalue weighted by Gasteiger charge is -2.22. The zero-order chi connectivity index (χ0) is 21.6. The molecule has 0 spiro atoms. The van der Waals surface area contributed by atoms with E-state index in [0.29, 0.717) is 19.9 Å². The molecule has 0 aromatic rings. The summed E-state index contributed by atoms with van der Waals surface area (Å²) in [4.78, 5) is 45.5. The maximum atomic E-state index is 11.8. The van der Waals surface area contributed by atoms with Crippen LogP contribution in [0.2, 0.25) is 12.6 Å². The monoisotopic (exact) mass is 392 g/mol. The molecule has 0 amide bonds. The molecule has 28 heavy (non-hydrogen) atoms. The summed E-state index contributed by atoms with van der Waals surface area (Å²) >= 11 is 0. The van der Waals surface area contributed by atoms with Crippen molar-refractivity contribution in [3.8, 4) is 0 Å². The predicted octanol–water partition coefficient (Wildman–Crippen LogP) is 0.370. The molecule has 8 nitrogen and oxygen atoms in total. The summed E-state index contributed by atoms with van der Waals surface area (Å²) in [5.74, 6) is -1.95. The van der Waals surface area contributed by atoms with Crippen LogP contribution >= 0.6 is 0 Å². The van der Waals surface area contributed by atoms with E-state index in [4.69, 9.17) is 18.8 Å². The highest BCUT2D eigenvalue weighted by molar-refractivity contribution is 6.37. The van der Waals surface area contributed by atoms with E-state index in [-0.39, 0.29) is 27.8 Å². The molecule has 0 aliphatic heterocycles. The van der Waals surface area contributed by atoms with Crippen molar-refractivity contribution in [3.63, 3.8) is 0 Å². The van der Waals surface area contributed by atoms with Crippen molar-refractivity contribution in [2.45, 2.75) is 57.8 Å². The van der Waals surface area contributed by atoms with E-state index in [9.17, 15) is 19.2 Å². The molecule has 0 radical (unpaired) electrons. The third kappa shape index (κ3) is 13.7. The first-order valence-corrected chi connectivity index (χ1v) is 9.09. The topological polar surface area (TPSA) is 105 Å². The van der Waals surface area contributed by atoms with Crippen LogP contribution < -0.4 is 0 Å². The summed E-state index contributed by atoms with van der Waals surface area (Å²) in [5, 5.41) is 0. The lowest BCUT2D eigenvalue weighted by atomic mass is 9.69. The molecule has 0 aromatic carbocycles. The molecular formula is C17H27B3O8. The van der Waals surface area contributed by atoms with E-state index < -0.39 is 35.4 Å². The van der Waals surface area contributed by atoms with Gasteiger partial charge in [-0.05, 0) is 20.8 Å². The van der Waals surface area contributed by atoms with Crippen LogP contribution in [0, 0.1) is 0 Å². The Hall–Kier alpha value is -2.45. The van der Waals surface area contributed by atoms with Crippen LogP contribution in [0.25, 0.3) is 0 Å². The van der Waals surface area contributed by atoms with Crippen molar-refractivity contribution >= 4 is 46.1 Å². The van der Waals surface area contributed by atoms with Gasteiger partial charge in [0.2, 0.25) is 0 Å². The minimum atomic E-state index is -0.925. The molecule has 0 saturated carbocycles. The lowest BCUT2D eigenvalue weighted by molar-refractivity contribution is -0.151. The molecule has 1 unspecified atom stereocenters. The third-order valence-electron chi connectivity index (χ3n) is 3.34. The van der Waals surface area contributed by atoms with Crippen molar-refractivity contribution in [2.24, 2.45) is 0 Å². The van der Waals surface area contributed by atoms with E-state index in [0.717, 1.165) is 12.2 Å². The van der Waals surface area contributed by atoms with E-state index >= 15 is 0 Å². The zero-order valence-corrected chi connectivity index (χ0v) is 16.9. The molecule has 11 heteroatoms. The highest BCUT2D eigenvalue weighted by Crippen LogP contribution is 2.11. The highest BCUT2D eigenvalue weighted by atomic mass is 16.6. The Bertz CT molecular complexity index is 577. The summed E-state index contributed by atoms with van der Waals surface area (Å²) in [5.41, 5.74) is -0.925. The van der Waals surface area contributed by atoms with Gasteiger partial charge in [0.15, 0.2) is 0 Å². The molecule has 0 N–H and O–H groups in total. The van der Waals surface area contributed by atoms with Crippen molar-refractivity contribution in [3.05, 3.63) is 25.3 Å². The average Bonchev–Trinajstić information content (AvgIpc) is 2.63. The fourth-order valence-electron chi connectivity index (χ4n) is 1.97. The third-order valence-corrected chi connectivity index (χ3v) is 3.34. The largest absolute Gasteiger partial charge is 0.536 e. The van der Waals surface area contributed by atoms with Crippen LogP contribution in [0.3, 0.4) is 0 Å². The normalized spacial score (nSPS) is 11.2. The SMILES string of the molecule is C=CC(=O)OBC(C)(C)OC(=O)CCBCCC(=O)OBC(C)OC(=O)C=C. The molecule has 0 bridgehead atoms. The molecule has 0 rings (SSSR count). The van der Waals surface area contributed by atoms with E-state index in [1.165, 1.54) is 0 Å². The molecule has 0 fully saturated rings. The van der Waals surface area contributed by atoms with Crippen molar-refractivity contribution in [1.29, 1.82) is 0 Å².